The van der Waals surface area contributed by atoms with Crippen molar-refractivity contribution in [3.05, 3.63) is 72.3 Å². The maximum Gasteiger partial charge on any atom is 0.325 e. The number of aryl methyl sites for hydroxylation is 1. The lowest BCUT2D eigenvalue weighted by atomic mass is 10.3. The van der Waals surface area contributed by atoms with Gasteiger partial charge in [-0.05, 0) is 61.5 Å². The van der Waals surface area contributed by atoms with Crippen molar-refractivity contribution in [2.45, 2.75) is 11.8 Å². The number of anilines is 3. The van der Waals surface area contributed by atoms with Crippen molar-refractivity contribution in [3.63, 3.8) is 0 Å². The normalized spacial score (nSPS) is 13.8. The SMILES string of the molecule is Cc1ccnc(NS(=O)(=O)c2ccc(NC(=O)CN3CCN(c4ccc(F)cc4)C3=O)cc2)n1. The topological polar surface area (TPSA) is 125 Å². The van der Waals surface area contributed by atoms with Gasteiger partial charge in [-0.1, -0.05) is 0 Å². The number of urea groups is 1. The number of nitrogens with one attached hydrogen (secondary N) is 2. The van der Waals surface area contributed by atoms with Gasteiger partial charge in [0.05, 0.1) is 4.90 Å². The lowest BCUT2D eigenvalue weighted by molar-refractivity contribution is -0.116. The molecular weight excluding hydrogens is 463 g/mol. The van der Waals surface area contributed by atoms with Crippen LogP contribution in [0.5, 0.6) is 0 Å². The summed E-state index contributed by atoms with van der Waals surface area (Å²) in [5.41, 5.74) is 1.54. The number of sulfonamides is 1. The van der Waals surface area contributed by atoms with Gasteiger partial charge in [-0.3, -0.25) is 9.69 Å². The van der Waals surface area contributed by atoms with Crippen LogP contribution in [-0.4, -0.2) is 54.9 Å². The molecule has 34 heavy (non-hydrogen) atoms. The van der Waals surface area contributed by atoms with Crippen molar-refractivity contribution < 1.29 is 22.4 Å². The van der Waals surface area contributed by atoms with E-state index in [1.165, 1.54) is 64.5 Å². The maximum atomic E-state index is 13.1. The fourth-order valence-electron chi connectivity index (χ4n) is 3.36. The number of hydrogen-bond acceptors (Lipinski definition) is 6. The Kier molecular flexibility index (Phi) is 6.41. The minimum absolute atomic E-state index is 0.0275. The molecule has 2 aromatic carbocycles. The van der Waals surface area contributed by atoms with E-state index in [-0.39, 0.29) is 23.4 Å². The lowest BCUT2D eigenvalue weighted by Crippen LogP contribution is -2.37. The third-order valence-corrected chi connectivity index (χ3v) is 6.38. The second-order valence-corrected chi connectivity index (χ2v) is 9.21. The molecule has 0 aliphatic carbocycles. The fraction of sp³-hybridized carbons (Fsp3) is 0.182. The van der Waals surface area contributed by atoms with Gasteiger partial charge >= 0.3 is 6.03 Å². The molecule has 1 aromatic heterocycles. The van der Waals surface area contributed by atoms with E-state index < -0.39 is 21.7 Å². The standard InChI is InChI=1S/C22H21FN6O4S/c1-15-10-11-24-21(25-15)27-34(32,33)19-8-4-17(5-9-19)26-20(30)14-28-12-13-29(22(28)31)18-6-2-16(23)3-7-18/h2-11H,12-14H2,1H3,(H,26,30)(H,24,25,27). The van der Waals surface area contributed by atoms with Gasteiger partial charge in [0.1, 0.15) is 12.4 Å². The lowest BCUT2D eigenvalue weighted by Gasteiger charge is -2.18. The van der Waals surface area contributed by atoms with Crippen molar-refractivity contribution in [1.82, 2.24) is 14.9 Å². The van der Waals surface area contributed by atoms with Gasteiger partial charge in [-0.15, -0.1) is 0 Å². The summed E-state index contributed by atoms with van der Waals surface area (Å²) in [4.78, 5) is 35.7. The molecular formula is C22H21FN6O4S. The molecule has 0 spiro atoms. The van der Waals surface area contributed by atoms with Crippen LogP contribution in [-0.2, 0) is 14.8 Å². The van der Waals surface area contributed by atoms with Crippen molar-refractivity contribution in [2.75, 3.05) is 34.6 Å². The molecule has 10 nitrogen and oxygen atoms in total. The van der Waals surface area contributed by atoms with Crippen LogP contribution in [0.3, 0.4) is 0 Å². The molecule has 0 unspecified atom stereocenters. The molecule has 12 heteroatoms. The second kappa shape index (κ2) is 9.43. The summed E-state index contributed by atoms with van der Waals surface area (Å²) in [6.45, 7) is 2.26. The summed E-state index contributed by atoms with van der Waals surface area (Å²) < 4.78 is 40.5. The van der Waals surface area contributed by atoms with Crippen LogP contribution in [0.25, 0.3) is 0 Å². The summed E-state index contributed by atoms with van der Waals surface area (Å²) in [7, 11) is -3.91. The first-order valence-corrected chi connectivity index (χ1v) is 11.7. The summed E-state index contributed by atoms with van der Waals surface area (Å²) in [6.07, 6.45) is 1.45. The summed E-state index contributed by atoms with van der Waals surface area (Å²) in [5, 5.41) is 2.65. The maximum absolute atomic E-state index is 13.1. The van der Waals surface area contributed by atoms with Crippen LogP contribution in [0.2, 0.25) is 0 Å². The first-order chi connectivity index (χ1) is 16.2. The summed E-state index contributed by atoms with van der Waals surface area (Å²) in [5.74, 6) is -0.872. The van der Waals surface area contributed by atoms with Crippen LogP contribution in [0, 0.1) is 12.7 Å². The van der Waals surface area contributed by atoms with Gasteiger partial charge in [0.2, 0.25) is 11.9 Å². The summed E-state index contributed by atoms with van der Waals surface area (Å²) in [6, 6.07) is 12.4. The molecule has 0 saturated carbocycles. The highest BCUT2D eigenvalue weighted by Crippen LogP contribution is 2.21. The number of rotatable bonds is 7. The number of benzene rings is 2. The molecule has 0 bridgehead atoms. The van der Waals surface area contributed by atoms with E-state index in [1.54, 1.807) is 13.0 Å². The Bertz CT molecular complexity index is 1320. The highest BCUT2D eigenvalue weighted by atomic mass is 32.2. The third-order valence-electron chi connectivity index (χ3n) is 5.04. The zero-order chi connectivity index (χ0) is 24.3. The van der Waals surface area contributed by atoms with E-state index in [1.807, 2.05) is 0 Å². The molecule has 0 radical (unpaired) electrons. The van der Waals surface area contributed by atoms with Gasteiger partial charge in [-0.25, -0.2) is 32.3 Å². The van der Waals surface area contributed by atoms with Crippen LogP contribution >= 0.6 is 0 Å². The summed E-state index contributed by atoms with van der Waals surface area (Å²) >= 11 is 0. The monoisotopic (exact) mass is 484 g/mol. The number of aromatic nitrogens is 2. The first kappa shape index (κ1) is 23.1. The number of hydrogen-bond donors (Lipinski definition) is 2. The van der Waals surface area contributed by atoms with Crippen LogP contribution in [0.4, 0.5) is 26.5 Å². The quantitative estimate of drug-likeness (QED) is 0.531. The third kappa shape index (κ3) is 5.29. The van der Waals surface area contributed by atoms with E-state index in [2.05, 4.69) is 20.0 Å². The van der Waals surface area contributed by atoms with Crippen LogP contribution < -0.4 is 14.9 Å². The van der Waals surface area contributed by atoms with Crippen LogP contribution in [0.1, 0.15) is 5.69 Å². The van der Waals surface area contributed by atoms with E-state index in [0.29, 0.717) is 30.2 Å². The molecule has 1 aliphatic heterocycles. The Morgan fingerprint density at radius 1 is 1.06 bits per heavy atom. The van der Waals surface area contributed by atoms with Gasteiger partial charge in [-0.2, -0.15) is 0 Å². The van der Waals surface area contributed by atoms with Crippen LogP contribution in [0.15, 0.2) is 65.7 Å². The zero-order valence-electron chi connectivity index (χ0n) is 18.1. The molecule has 2 N–H and O–H groups in total. The van der Waals surface area contributed by atoms with Gasteiger partial charge in [0.15, 0.2) is 0 Å². The Balaban J connectivity index is 1.35. The first-order valence-electron chi connectivity index (χ1n) is 10.3. The predicted octanol–water partition coefficient (Wildman–Crippen LogP) is 2.61. The van der Waals surface area contributed by atoms with E-state index in [4.69, 9.17) is 0 Å². The Hall–Kier alpha value is -4.06. The Morgan fingerprint density at radius 2 is 1.76 bits per heavy atom. The number of amides is 3. The Labute approximate surface area is 195 Å². The molecule has 1 saturated heterocycles. The Morgan fingerprint density at radius 3 is 2.44 bits per heavy atom. The second-order valence-electron chi connectivity index (χ2n) is 7.53. The van der Waals surface area contributed by atoms with Crippen molar-refractivity contribution >= 4 is 39.3 Å². The molecule has 2 heterocycles. The number of nitrogens with zero attached hydrogens (tertiary/aromatic N) is 4. The minimum atomic E-state index is -3.91. The van der Waals surface area contributed by atoms with Gasteiger partial charge in [0.25, 0.3) is 10.0 Å². The molecule has 1 fully saturated rings. The van der Waals surface area contributed by atoms with Crippen molar-refractivity contribution in [1.29, 1.82) is 0 Å². The number of halogens is 1. The number of carbonyl (C=O) groups is 2. The minimum Gasteiger partial charge on any atom is -0.325 e. The fourth-order valence-corrected chi connectivity index (χ4v) is 4.31. The average molecular weight is 485 g/mol. The zero-order valence-corrected chi connectivity index (χ0v) is 18.9. The molecule has 3 amide bonds. The van der Waals surface area contributed by atoms with Gasteiger partial charge < -0.3 is 10.2 Å². The molecule has 1 aliphatic rings. The van der Waals surface area contributed by atoms with E-state index in [0.717, 1.165) is 0 Å². The van der Waals surface area contributed by atoms with Gasteiger partial charge in [0, 0.05) is 36.4 Å². The molecule has 3 aromatic rings. The largest absolute Gasteiger partial charge is 0.325 e. The highest BCUT2D eigenvalue weighted by Gasteiger charge is 2.30. The smallest absolute Gasteiger partial charge is 0.325 e. The van der Waals surface area contributed by atoms with E-state index >= 15 is 0 Å². The highest BCUT2D eigenvalue weighted by molar-refractivity contribution is 7.92. The van der Waals surface area contributed by atoms with Crippen molar-refractivity contribution in [3.8, 4) is 0 Å². The van der Waals surface area contributed by atoms with E-state index in [9.17, 15) is 22.4 Å². The predicted molar refractivity (Wildman–Crippen MR) is 123 cm³/mol. The molecule has 4 rings (SSSR count). The number of carbonyl (C=O) groups excluding carboxylic acids is 2. The average Bonchev–Trinajstić information content (AvgIpc) is 3.14. The molecule has 176 valence electrons. The van der Waals surface area contributed by atoms with Crippen molar-refractivity contribution in [2.24, 2.45) is 0 Å². The molecule has 0 atom stereocenters.